The second-order valence-corrected chi connectivity index (χ2v) is 6.55. The first kappa shape index (κ1) is 15.9. The molecule has 0 aliphatic carbocycles. The molecule has 1 atom stereocenters. The third-order valence-corrected chi connectivity index (χ3v) is 4.28. The van der Waals surface area contributed by atoms with Gasteiger partial charge < -0.3 is 15.2 Å². The van der Waals surface area contributed by atoms with E-state index in [2.05, 4.69) is 39.6 Å². The Bertz CT molecular complexity index is 279. The first-order valence-electron chi connectivity index (χ1n) is 6.81. The zero-order valence-electron chi connectivity index (χ0n) is 12.9. The third kappa shape index (κ3) is 2.87. The molecule has 4 nitrogen and oxygen atoms in total. The van der Waals surface area contributed by atoms with Crippen LogP contribution in [0.3, 0.4) is 0 Å². The normalized spacial score (nSPS) is 30.0. The lowest BCUT2D eigenvalue weighted by atomic mass is 9.77. The van der Waals surface area contributed by atoms with E-state index in [0.29, 0.717) is 6.54 Å². The van der Waals surface area contributed by atoms with Gasteiger partial charge in [-0.3, -0.25) is 4.90 Å². The lowest BCUT2D eigenvalue weighted by molar-refractivity contribution is -0.100. The zero-order chi connectivity index (χ0) is 14.0. The number of methoxy groups -OCH3 is 1. The second-order valence-electron chi connectivity index (χ2n) is 6.55. The minimum Gasteiger partial charge on any atom is -0.385 e. The van der Waals surface area contributed by atoms with Gasteiger partial charge >= 0.3 is 0 Å². The molecule has 0 spiro atoms. The number of rotatable bonds is 6. The minimum absolute atomic E-state index is 0.0930. The Hall–Kier alpha value is -0.160. The van der Waals surface area contributed by atoms with E-state index in [0.717, 1.165) is 26.0 Å². The molecular formula is C14H30N2O2. The number of likely N-dealkylation sites (N-methyl/N-ethyl adjacent to an activating group) is 1. The summed E-state index contributed by atoms with van der Waals surface area (Å²) in [5.74, 6) is 0. The van der Waals surface area contributed by atoms with E-state index < -0.39 is 0 Å². The van der Waals surface area contributed by atoms with Crippen molar-refractivity contribution in [3.8, 4) is 0 Å². The van der Waals surface area contributed by atoms with Gasteiger partial charge in [0.15, 0.2) is 0 Å². The van der Waals surface area contributed by atoms with Crippen LogP contribution in [0.15, 0.2) is 0 Å². The van der Waals surface area contributed by atoms with Gasteiger partial charge in [0.25, 0.3) is 0 Å². The molecule has 4 heteroatoms. The summed E-state index contributed by atoms with van der Waals surface area (Å²) in [6.07, 6.45) is 1.98. The summed E-state index contributed by atoms with van der Waals surface area (Å²) in [6.45, 7) is 11.0. The van der Waals surface area contributed by atoms with Crippen molar-refractivity contribution in [3.63, 3.8) is 0 Å². The second kappa shape index (κ2) is 5.45. The Morgan fingerprint density at radius 3 is 2.28 bits per heavy atom. The van der Waals surface area contributed by atoms with Gasteiger partial charge in [-0.15, -0.1) is 0 Å². The van der Waals surface area contributed by atoms with E-state index in [1.807, 2.05) is 0 Å². The molecule has 1 heterocycles. The highest BCUT2D eigenvalue weighted by Crippen LogP contribution is 2.47. The van der Waals surface area contributed by atoms with Crippen LogP contribution in [0.5, 0.6) is 0 Å². The zero-order valence-corrected chi connectivity index (χ0v) is 12.9. The van der Waals surface area contributed by atoms with E-state index in [-0.39, 0.29) is 16.7 Å². The van der Waals surface area contributed by atoms with Crippen LogP contribution in [-0.4, -0.2) is 55.5 Å². The maximum Gasteiger partial charge on any atom is 0.0829 e. The Morgan fingerprint density at radius 2 is 1.89 bits per heavy atom. The van der Waals surface area contributed by atoms with Crippen molar-refractivity contribution in [2.45, 2.75) is 57.3 Å². The molecule has 0 bridgehead atoms. The molecule has 1 aliphatic rings. The van der Waals surface area contributed by atoms with Gasteiger partial charge in [0, 0.05) is 26.8 Å². The number of hydrogen-bond donors (Lipinski definition) is 1. The summed E-state index contributed by atoms with van der Waals surface area (Å²) < 4.78 is 11.3. The molecule has 2 N–H and O–H groups in total. The van der Waals surface area contributed by atoms with Crippen LogP contribution < -0.4 is 5.73 Å². The lowest BCUT2D eigenvalue weighted by Crippen LogP contribution is -2.62. The summed E-state index contributed by atoms with van der Waals surface area (Å²) in [4.78, 5) is 2.36. The SMILES string of the molecule is COCCCN(C)C1(CN)CC(C)(C)OC1(C)C. The van der Waals surface area contributed by atoms with Gasteiger partial charge in [0.05, 0.1) is 16.7 Å². The monoisotopic (exact) mass is 258 g/mol. The fourth-order valence-electron chi connectivity index (χ4n) is 3.47. The van der Waals surface area contributed by atoms with E-state index in [1.54, 1.807) is 7.11 Å². The number of nitrogens with zero attached hydrogens (tertiary/aromatic N) is 1. The van der Waals surface area contributed by atoms with Gasteiger partial charge in [0.1, 0.15) is 0 Å². The van der Waals surface area contributed by atoms with Crippen molar-refractivity contribution in [2.75, 3.05) is 33.9 Å². The number of hydrogen-bond acceptors (Lipinski definition) is 4. The van der Waals surface area contributed by atoms with Crippen LogP contribution in [0.1, 0.15) is 40.5 Å². The van der Waals surface area contributed by atoms with Gasteiger partial charge in [0.2, 0.25) is 0 Å². The molecule has 1 fully saturated rings. The summed E-state index contributed by atoms with van der Waals surface area (Å²) >= 11 is 0. The van der Waals surface area contributed by atoms with E-state index in [1.165, 1.54) is 0 Å². The highest BCUT2D eigenvalue weighted by atomic mass is 16.5. The Morgan fingerprint density at radius 1 is 1.28 bits per heavy atom. The van der Waals surface area contributed by atoms with E-state index in [9.17, 15) is 0 Å². The first-order chi connectivity index (χ1) is 8.21. The smallest absolute Gasteiger partial charge is 0.0829 e. The van der Waals surface area contributed by atoms with Crippen molar-refractivity contribution >= 4 is 0 Å². The molecule has 0 radical (unpaired) electrons. The molecular weight excluding hydrogens is 228 g/mol. The van der Waals surface area contributed by atoms with Gasteiger partial charge in [-0.2, -0.15) is 0 Å². The van der Waals surface area contributed by atoms with E-state index in [4.69, 9.17) is 15.2 Å². The van der Waals surface area contributed by atoms with Crippen molar-refractivity contribution < 1.29 is 9.47 Å². The average molecular weight is 258 g/mol. The number of ether oxygens (including phenoxy) is 2. The summed E-state index contributed by atoms with van der Waals surface area (Å²) in [5, 5.41) is 0. The molecule has 1 rings (SSSR count). The molecule has 0 aromatic carbocycles. The fraction of sp³-hybridized carbons (Fsp3) is 1.00. The van der Waals surface area contributed by atoms with Gasteiger partial charge in [-0.25, -0.2) is 0 Å². The van der Waals surface area contributed by atoms with Crippen LogP contribution in [0, 0.1) is 0 Å². The fourth-order valence-corrected chi connectivity index (χ4v) is 3.47. The third-order valence-electron chi connectivity index (χ3n) is 4.28. The minimum atomic E-state index is -0.229. The molecule has 1 saturated heterocycles. The van der Waals surface area contributed by atoms with Crippen LogP contribution >= 0.6 is 0 Å². The van der Waals surface area contributed by atoms with Crippen LogP contribution in [-0.2, 0) is 9.47 Å². The predicted molar refractivity (Wildman–Crippen MR) is 74.8 cm³/mol. The summed E-state index contributed by atoms with van der Waals surface area (Å²) in [7, 11) is 3.89. The number of nitrogens with two attached hydrogens (primary N) is 1. The van der Waals surface area contributed by atoms with Crippen molar-refractivity contribution in [1.29, 1.82) is 0 Å². The molecule has 0 aromatic heterocycles. The molecule has 0 amide bonds. The summed E-state index contributed by atoms with van der Waals surface area (Å²) in [6, 6.07) is 0. The topological polar surface area (TPSA) is 47.7 Å². The molecule has 0 saturated carbocycles. The largest absolute Gasteiger partial charge is 0.385 e. The Kier molecular flexibility index (Phi) is 4.81. The first-order valence-corrected chi connectivity index (χ1v) is 6.81. The molecule has 108 valence electrons. The highest BCUT2D eigenvalue weighted by Gasteiger charge is 2.58. The van der Waals surface area contributed by atoms with Crippen molar-refractivity contribution in [3.05, 3.63) is 0 Å². The molecule has 18 heavy (non-hydrogen) atoms. The predicted octanol–water partition coefficient (Wildman–Crippen LogP) is 1.63. The molecule has 1 unspecified atom stereocenters. The quantitative estimate of drug-likeness (QED) is 0.736. The van der Waals surface area contributed by atoms with Crippen molar-refractivity contribution in [1.82, 2.24) is 4.90 Å². The lowest BCUT2D eigenvalue weighted by Gasteiger charge is -2.46. The van der Waals surface area contributed by atoms with E-state index >= 15 is 0 Å². The molecule has 0 aromatic rings. The van der Waals surface area contributed by atoms with Gasteiger partial charge in [-0.05, 0) is 47.6 Å². The van der Waals surface area contributed by atoms with Gasteiger partial charge in [-0.1, -0.05) is 0 Å². The Balaban J connectivity index is 2.84. The van der Waals surface area contributed by atoms with Crippen LogP contribution in [0.4, 0.5) is 0 Å². The average Bonchev–Trinajstić information content (AvgIpc) is 2.43. The molecule has 1 aliphatic heterocycles. The maximum atomic E-state index is 6.22. The highest BCUT2D eigenvalue weighted by molar-refractivity contribution is 5.12. The van der Waals surface area contributed by atoms with Crippen molar-refractivity contribution in [2.24, 2.45) is 5.73 Å². The maximum absolute atomic E-state index is 6.22. The van der Waals surface area contributed by atoms with Crippen LogP contribution in [0.25, 0.3) is 0 Å². The van der Waals surface area contributed by atoms with Crippen LogP contribution in [0.2, 0.25) is 0 Å². The Labute approximate surface area is 112 Å². The summed E-state index contributed by atoms with van der Waals surface area (Å²) in [5.41, 5.74) is 5.68. The standard InChI is InChI=1S/C14H30N2O2/c1-12(2)10-14(11-15,13(3,4)18-12)16(5)8-7-9-17-6/h7-11,15H2,1-6H3.